The third-order valence-corrected chi connectivity index (χ3v) is 2.96. The van der Waals surface area contributed by atoms with Gasteiger partial charge in [-0.25, -0.2) is 8.78 Å². The van der Waals surface area contributed by atoms with E-state index in [-0.39, 0.29) is 11.6 Å². The van der Waals surface area contributed by atoms with Crippen molar-refractivity contribution in [2.24, 2.45) is 5.73 Å². The summed E-state index contributed by atoms with van der Waals surface area (Å²) >= 11 is 0. The lowest BCUT2D eigenvalue weighted by atomic mass is 10.1. The second-order valence-electron chi connectivity index (χ2n) is 4.40. The second-order valence-corrected chi connectivity index (χ2v) is 4.40. The molecule has 0 spiro atoms. The number of rotatable bonds is 4. The fourth-order valence-electron chi connectivity index (χ4n) is 1.97. The molecular formula is C15H16F2N2. The minimum Gasteiger partial charge on any atom is -0.344 e. The molecule has 0 amide bonds. The Hall–Kier alpha value is -1.94. The second kappa shape index (κ2) is 5.80. The maximum absolute atomic E-state index is 13.6. The van der Waals surface area contributed by atoms with Gasteiger partial charge in [0.2, 0.25) is 0 Å². The van der Waals surface area contributed by atoms with E-state index in [4.69, 9.17) is 5.73 Å². The van der Waals surface area contributed by atoms with E-state index < -0.39 is 0 Å². The van der Waals surface area contributed by atoms with Crippen LogP contribution in [-0.4, -0.2) is 13.6 Å². The first-order chi connectivity index (χ1) is 9.10. The van der Waals surface area contributed by atoms with Crippen molar-refractivity contribution in [2.45, 2.75) is 6.42 Å². The molecule has 0 bridgehead atoms. The van der Waals surface area contributed by atoms with Crippen LogP contribution in [-0.2, 0) is 6.42 Å². The van der Waals surface area contributed by atoms with Crippen molar-refractivity contribution in [3.8, 4) is 0 Å². The minimum absolute atomic E-state index is 0.316. The quantitative estimate of drug-likeness (QED) is 0.916. The lowest BCUT2D eigenvalue weighted by Gasteiger charge is -2.20. The van der Waals surface area contributed by atoms with Crippen LogP contribution in [0.2, 0.25) is 0 Å². The number of anilines is 2. The molecule has 2 N–H and O–H groups in total. The van der Waals surface area contributed by atoms with Gasteiger partial charge in [-0.3, -0.25) is 0 Å². The van der Waals surface area contributed by atoms with Gasteiger partial charge < -0.3 is 10.6 Å². The summed E-state index contributed by atoms with van der Waals surface area (Å²) in [6, 6.07) is 10.9. The summed E-state index contributed by atoms with van der Waals surface area (Å²) in [5, 5.41) is 0. The Kier molecular flexibility index (Phi) is 4.12. The molecule has 2 nitrogen and oxygen atoms in total. The van der Waals surface area contributed by atoms with E-state index in [9.17, 15) is 8.78 Å². The monoisotopic (exact) mass is 262 g/mol. The van der Waals surface area contributed by atoms with E-state index in [1.807, 2.05) is 6.07 Å². The standard InChI is InChI=1S/C15H16F2N2/c1-19(14-4-2-3-12(16)9-14)15-8-11(5-6-18)7-13(17)10-15/h2-4,7-10H,5-6,18H2,1H3. The molecule has 0 radical (unpaired) electrons. The summed E-state index contributed by atoms with van der Waals surface area (Å²) in [5.41, 5.74) is 7.66. The van der Waals surface area contributed by atoms with Gasteiger partial charge in [-0.2, -0.15) is 0 Å². The van der Waals surface area contributed by atoms with Crippen molar-refractivity contribution in [3.05, 3.63) is 59.7 Å². The molecule has 0 atom stereocenters. The molecule has 0 aliphatic heterocycles. The Labute approximate surface area is 111 Å². The lowest BCUT2D eigenvalue weighted by molar-refractivity contribution is 0.625. The summed E-state index contributed by atoms with van der Waals surface area (Å²) in [6.45, 7) is 0.465. The zero-order valence-electron chi connectivity index (χ0n) is 10.7. The van der Waals surface area contributed by atoms with E-state index in [1.165, 1.54) is 24.3 Å². The number of hydrogen-bond acceptors (Lipinski definition) is 2. The Bertz CT molecular complexity index is 570. The van der Waals surface area contributed by atoms with E-state index in [0.717, 1.165) is 5.56 Å². The SMILES string of the molecule is CN(c1cccc(F)c1)c1cc(F)cc(CCN)c1. The third kappa shape index (κ3) is 3.29. The molecule has 2 aromatic rings. The molecule has 0 unspecified atom stereocenters. The van der Waals surface area contributed by atoms with E-state index in [0.29, 0.717) is 24.3 Å². The number of halogens is 2. The van der Waals surface area contributed by atoms with Crippen LogP contribution in [0.5, 0.6) is 0 Å². The van der Waals surface area contributed by atoms with Gasteiger partial charge in [0, 0.05) is 18.4 Å². The van der Waals surface area contributed by atoms with Crippen LogP contribution in [0.15, 0.2) is 42.5 Å². The molecule has 0 saturated carbocycles. The van der Waals surface area contributed by atoms with Crippen molar-refractivity contribution in [1.82, 2.24) is 0 Å². The molecular weight excluding hydrogens is 246 g/mol. The van der Waals surface area contributed by atoms with Crippen LogP contribution in [0, 0.1) is 11.6 Å². The zero-order valence-corrected chi connectivity index (χ0v) is 10.7. The van der Waals surface area contributed by atoms with E-state index in [1.54, 1.807) is 24.1 Å². The Morgan fingerprint density at radius 2 is 1.74 bits per heavy atom. The average Bonchev–Trinajstić information content (AvgIpc) is 2.37. The van der Waals surface area contributed by atoms with Gasteiger partial charge in [-0.1, -0.05) is 6.07 Å². The van der Waals surface area contributed by atoms with E-state index in [2.05, 4.69) is 0 Å². The molecule has 0 aromatic heterocycles. The van der Waals surface area contributed by atoms with Gasteiger partial charge in [-0.15, -0.1) is 0 Å². The highest BCUT2D eigenvalue weighted by Gasteiger charge is 2.08. The van der Waals surface area contributed by atoms with Crippen LogP contribution in [0.1, 0.15) is 5.56 Å². The molecule has 100 valence electrons. The predicted molar refractivity (Wildman–Crippen MR) is 73.6 cm³/mol. The van der Waals surface area contributed by atoms with Gasteiger partial charge in [0.15, 0.2) is 0 Å². The summed E-state index contributed by atoms with van der Waals surface area (Å²) in [7, 11) is 1.77. The smallest absolute Gasteiger partial charge is 0.125 e. The first kappa shape index (κ1) is 13.5. The maximum Gasteiger partial charge on any atom is 0.125 e. The van der Waals surface area contributed by atoms with Crippen molar-refractivity contribution in [3.63, 3.8) is 0 Å². The van der Waals surface area contributed by atoms with Gasteiger partial charge >= 0.3 is 0 Å². The van der Waals surface area contributed by atoms with Gasteiger partial charge in [0.1, 0.15) is 11.6 Å². The predicted octanol–water partition coefficient (Wildman–Crippen LogP) is 3.23. The van der Waals surface area contributed by atoms with Crippen molar-refractivity contribution >= 4 is 11.4 Å². The molecule has 19 heavy (non-hydrogen) atoms. The van der Waals surface area contributed by atoms with Gasteiger partial charge in [-0.05, 0) is 54.9 Å². The van der Waals surface area contributed by atoms with Crippen molar-refractivity contribution < 1.29 is 8.78 Å². The topological polar surface area (TPSA) is 29.3 Å². The summed E-state index contributed by atoms with van der Waals surface area (Å²) in [5.74, 6) is -0.632. The molecule has 0 saturated heterocycles. The summed E-state index contributed by atoms with van der Waals surface area (Å²) < 4.78 is 26.8. The van der Waals surface area contributed by atoms with Crippen molar-refractivity contribution in [1.29, 1.82) is 0 Å². The Morgan fingerprint density at radius 1 is 1.00 bits per heavy atom. The molecule has 4 heteroatoms. The molecule has 0 heterocycles. The largest absolute Gasteiger partial charge is 0.344 e. The first-order valence-corrected chi connectivity index (χ1v) is 6.09. The molecule has 0 aliphatic carbocycles. The highest BCUT2D eigenvalue weighted by atomic mass is 19.1. The fraction of sp³-hybridized carbons (Fsp3) is 0.200. The lowest BCUT2D eigenvalue weighted by Crippen LogP contribution is -2.11. The highest BCUT2D eigenvalue weighted by molar-refractivity contribution is 5.63. The van der Waals surface area contributed by atoms with Crippen molar-refractivity contribution in [2.75, 3.05) is 18.5 Å². The summed E-state index contributed by atoms with van der Waals surface area (Å²) in [6.07, 6.45) is 0.613. The normalized spacial score (nSPS) is 10.5. The van der Waals surface area contributed by atoms with Crippen LogP contribution in [0.3, 0.4) is 0 Å². The number of hydrogen-bond donors (Lipinski definition) is 1. The average molecular weight is 262 g/mol. The minimum atomic E-state index is -0.317. The van der Waals surface area contributed by atoms with Crippen LogP contribution in [0.4, 0.5) is 20.2 Å². The van der Waals surface area contributed by atoms with Crippen LogP contribution in [0.25, 0.3) is 0 Å². The number of nitrogens with zero attached hydrogens (tertiary/aromatic N) is 1. The molecule has 2 rings (SSSR count). The zero-order chi connectivity index (χ0) is 13.8. The Morgan fingerprint density at radius 3 is 2.42 bits per heavy atom. The molecule has 0 aliphatic rings. The van der Waals surface area contributed by atoms with Gasteiger partial charge in [0.05, 0.1) is 0 Å². The number of nitrogens with two attached hydrogens (primary N) is 1. The van der Waals surface area contributed by atoms with Crippen LogP contribution < -0.4 is 10.6 Å². The van der Waals surface area contributed by atoms with Crippen LogP contribution >= 0.6 is 0 Å². The molecule has 0 fully saturated rings. The third-order valence-electron chi connectivity index (χ3n) is 2.96. The first-order valence-electron chi connectivity index (χ1n) is 6.09. The maximum atomic E-state index is 13.6. The molecule has 2 aromatic carbocycles. The fourth-order valence-corrected chi connectivity index (χ4v) is 1.97. The highest BCUT2D eigenvalue weighted by Crippen LogP contribution is 2.26. The van der Waals surface area contributed by atoms with E-state index >= 15 is 0 Å². The van der Waals surface area contributed by atoms with Gasteiger partial charge in [0.25, 0.3) is 0 Å². The summed E-state index contributed by atoms with van der Waals surface area (Å²) in [4.78, 5) is 1.74. The Balaban J connectivity index is 2.35. The number of benzene rings is 2.